The fourth-order valence-electron chi connectivity index (χ4n) is 1.77. The van der Waals surface area contributed by atoms with E-state index in [0.29, 0.717) is 0 Å². The number of benzene rings is 1. The lowest BCUT2D eigenvalue weighted by Gasteiger charge is -2.01. The molecule has 0 radical (unpaired) electrons. The number of thiol groups is 1. The van der Waals surface area contributed by atoms with Crippen LogP contribution in [0.25, 0.3) is 21.8 Å². The zero-order valence-electron chi connectivity index (χ0n) is 7.13. The first-order valence-electron chi connectivity index (χ1n) is 4.23. The van der Waals surface area contributed by atoms with Gasteiger partial charge in [-0.3, -0.25) is 0 Å². The number of rotatable bonds is 0. The molecule has 0 bridgehead atoms. The van der Waals surface area contributed by atoms with Gasteiger partial charge in [0, 0.05) is 28.1 Å². The Balaban J connectivity index is 2.72. The van der Waals surface area contributed by atoms with E-state index in [9.17, 15) is 0 Å². The lowest BCUT2D eigenvalue weighted by Crippen LogP contribution is -1.77. The van der Waals surface area contributed by atoms with Crippen LogP contribution in [0.3, 0.4) is 0 Å². The molecule has 0 spiro atoms. The topological polar surface area (TPSA) is 31.6 Å². The van der Waals surface area contributed by atoms with Crippen molar-refractivity contribution in [3.63, 3.8) is 0 Å². The van der Waals surface area contributed by atoms with Crippen LogP contribution >= 0.6 is 24.2 Å². The van der Waals surface area contributed by atoms with Crippen molar-refractivity contribution in [3.05, 3.63) is 29.5 Å². The van der Waals surface area contributed by atoms with Gasteiger partial charge in [-0.2, -0.15) is 0 Å². The Morgan fingerprint density at radius 2 is 1.64 bits per heavy atom. The van der Waals surface area contributed by atoms with Crippen LogP contribution in [0.15, 0.2) is 29.4 Å². The molecule has 0 aliphatic heterocycles. The maximum absolute atomic E-state index is 6.24. The summed E-state index contributed by atoms with van der Waals surface area (Å²) in [6.45, 7) is 0. The van der Waals surface area contributed by atoms with Gasteiger partial charge in [0.1, 0.15) is 0 Å². The van der Waals surface area contributed by atoms with E-state index in [2.05, 4.69) is 22.6 Å². The molecule has 0 aliphatic rings. The van der Waals surface area contributed by atoms with Gasteiger partial charge >= 0.3 is 0 Å². The maximum atomic E-state index is 6.24. The molecule has 2 nitrogen and oxygen atoms in total. The molecule has 0 atom stereocenters. The molecule has 0 saturated heterocycles. The molecule has 4 heteroatoms. The van der Waals surface area contributed by atoms with Crippen molar-refractivity contribution in [1.82, 2.24) is 9.97 Å². The minimum Gasteiger partial charge on any atom is -0.360 e. The number of fused-ring (bicyclic) bond motifs is 2. The number of hydrogen-bond donors (Lipinski definition) is 3. The summed E-state index contributed by atoms with van der Waals surface area (Å²) in [7, 11) is 0. The Morgan fingerprint density at radius 3 is 2.43 bits per heavy atom. The molecular weight excluding hydrogens is 216 g/mol. The van der Waals surface area contributed by atoms with Crippen LogP contribution in [-0.2, 0) is 0 Å². The van der Waals surface area contributed by atoms with Crippen molar-refractivity contribution in [2.24, 2.45) is 0 Å². The van der Waals surface area contributed by atoms with E-state index in [0.717, 1.165) is 31.7 Å². The predicted molar refractivity (Wildman–Crippen MR) is 62.4 cm³/mol. The molecule has 3 rings (SSSR count). The van der Waals surface area contributed by atoms with Crippen LogP contribution in [0.5, 0.6) is 0 Å². The summed E-state index contributed by atoms with van der Waals surface area (Å²) < 4.78 is 0. The molecule has 0 amide bonds. The minimum absolute atomic E-state index is 0.749. The summed E-state index contributed by atoms with van der Waals surface area (Å²) in [5.41, 5.74) is 1.94. The average molecular weight is 223 g/mol. The first kappa shape index (κ1) is 8.26. The van der Waals surface area contributed by atoms with E-state index in [1.165, 1.54) is 0 Å². The number of hydrogen-bond acceptors (Lipinski definition) is 1. The second-order valence-electron chi connectivity index (χ2n) is 3.20. The van der Waals surface area contributed by atoms with Gasteiger partial charge in [0.05, 0.1) is 16.1 Å². The third-order valence-corrected chi connectivity index (χ3v) is 3.30. The van der Waals surface area contributed by atoms with Crippen molar-refractivity contribution in [1.29, 1.82) is 0 Å². The van der Waals surface area contributed by atoms with E-state index in [-0.39, 0.29) is 0 Å². The van der Waals surface area contributed by atoms with Gasteiger partial charge in [-0.05, 0) is 12.1 Å². The molecule has 2 N–H and O–H groups in total. The Labute approximate surface area is 90.7 Å². The largest absolute Gasteiger partial charge is 0.360 e. The maximum Gasteiger partial charge on any atom is 0.0741 e. The quantitative estimate of drug-likeness (QED) is 0.486. The van der Waals surface area contributed by atoms with Gasteiger partial charge in [0.25, 0.3) is 0 Å². The molecule has 0 aliphatic carbocycles. The highest BCUT2D eigenvalue weighted by Crippen LogP contribution is 2.36. The Morgan fingerprint density at radius 1 is 1.00 bits per heavy atom. The number of aromatic amines is 2. The molecule has 14 heavy (non-hydrogen) atoms. The summed E-state index contributed by atoms with van der Waals surface area (Å²) in [5.74, 6) is 0. The second kappa shape index (κ2) is 2.72. The summed E-state index contributed by atoms with van der Waals surface area (Å²) in [5, 5.41) is 2.80. The fraction of sp³-hybridized carbons (Fsp3) is 0. The van der Waals surface area contributed by atoms with Crippen LogP contribution in [0.2, 0.25) is 5.02 Å². The summed E-state index contributed by atoms with van der Waals surface area (Å²) in [4.78, 5) is 7.19. The van der Waals surface area contributed by atoms with Crippen LogP contribution in [0, 0.1) is 0 Å². The summed E-state index contributed by atoms with van der Waals surface area (Å²) >= 11 is 10.7. The zero-order chi connectivity index (χ0) is 9.71. The third-order valence-electron chi connectivity index (χ3n) is 2.44. The van der Waals surface area contributed by atoms with E-state index < -0.39 is 0 Å². The van der Waals surface area contributed by atoms with Crippen LogP contribution in [-0.4, -0.2) is 9.97 Å². The SMILES string of the molecule is Sc1c2cc[nH]c2c(Cl)c2cc[nH]c12. The molecule has 3 aromatic rings. The molecule has 70 valence electrons. The molecular formula is C10H7ClN2S. The fourth-order valence-corrected chi connectivity index (χ4v) is 2.45. The van der Waals surface area contributed by atoms with Gasteiger partial charge in [0.2, 0.25) is 0 Å². The van der Waals surface area contributed by atoms with Crippen molar-refractivity contribution >= 4 is 46.0 Å². The number of nitrogens with one attached hydrogen (secondary N) is 2. The Kier molecular flexibility index (Phi) is 1.60. The standard InChI is InChI=1S/C10H7ClN2S/c11-7-5-1-3-13-9(5)10(14)6-2-4-12-8(6)7/h1-4,12-14H. The molecule has 2 heterocycles. The van der Waals surface area contributed by atoms with E-state index in [1.807, 2.05) is 24.5 Å². The Hall–Kier alpha value is -1.06. The van der Waals surface area contributed by atoms with Crippen LogP contribution in [0.4, 0.5) is 0 Å². The van der Waals surface area contributed by atoms with Gasteiger partial charge in [-0.15, -0.1) is 12.6 Å². The van der Waals surface area contributed by atoms with Gasteiger partial charge < -0.3 is 9.97 Å². The number of aromatic nitrogens is 2. The van der Waals surface area contributed by atoms with Crippen molar-refractivity contribution < 1.29 is 0 Å². The smallest absolute Gasteiger partial charge is 0.0741 e. The van der Waals surface area contributed by atoms with E-state index in [4.69, 9.17) is 11.6 Å². The lowest BCUT2D eigenvalue weighted by atomic mass is 10.2. The van der Waals surface area contributed by atoms with E-state index >= 15 is 0 Å². The minimum atomic E-state index is 0.749. The predicted octanol–water partition coefficient (Wildman–Crippen LogP) is 3.59. The highest BCUT2D eigenvalue weighted by atomic mass is 35.5. The summed E-state index contributed by atoms with van der Waals surface area (Å²) in [6.07, 6.45) is 3.74. The van der Waals surface area contributed by atoms with Gasteiger partial charge in [-0.1, -0.05) is 11.6 Å². The molecule has 1 aromatic carbocycles. The normalized spacial score (nSPS) is 11.6. The first-order chi connectivity index (χ1) is 6.79. The summed E-state index contributed by atoms with van der Waals surface area (Å²) in [6, 6.07) is 3.93. The number of H-pyrrole nitrogens is 2. The van der Waals surface area contributed by atoms with Crippen LogP contribution < -0.4 is 0 Å². The van der Waals surface area contributed by atoms with Crippen molar-refractivity contribution in [2.75, 3.05) is 0 Å². The molecule has 0 unspecified atom stereocenters. The van der Waals surface area contributed by atoms with Crippen molar-refractivity contribution in [2.45, 2.75) is 4.90 Å². The molecule has 0 fully saturated rings. The number of halogens is 1. The van der Waals surface area contributed by atoms with Gasteiger partial charge in [-0.25, -0.2) is 0 Å². The molecule has 0 saturated carbocycles. The van der Waals surface area contributed by atoms with Crippen molar-refractivity contribution in [3.8, 4) is 0 Å². The second-order valence-corrected chi connectivity index (χ2v) is 4.02. The third kappa shape index (κ3) is 0.885. The zero-order valence-corrected chi connectivity index (χ0v) is 8.78. The Bertz CT molecular complexity index is 521. The highest BCUT2D eigenvalue weighted by molar-refractivity contribution is 7.80. The first-order valence-corrected chi connectivity index (χ1v) is 5.06. The monoisotopic (exact) mass is 222 g/mol. The van der Waals surface area contributed by atoms with Crippen LogP contribution in [0.1, 0.15) is 0 Å². The van der Waals surface area contributed by atoms with Gasteiger partial charge in [0.15, 0.2) is 0 Å². The highest BCUT2D eigenvalue weighted by Gasteiger charge is 2.11. The van der Waals surface area contributed by atoms with E-state index in [1.54, 1.807) is 0 Å². The molecule has 2 aromatic heterocycles. The average Bonchev–Trinajstić information content (AvgIpc) is 2.82. The lowest BCUT2D eigenvalue weighted by molar-refractivity contribution is 1.43.